The third-order valence-electron chi connectivity index (χ3n) is 3.78. The lowest BCUT2D eigenvalue weighted by molar-refractivity contribution is -0.137. The fourth-order valence-corrected chi connectivity index (χ4v) is 3.44. The summed E-state index contributed by atoms with van der Waals surface area (Å²) >= 11 is 0. The lowest BCUT2D eigenvalue weighted by atomic mass is 10.1. The molecule has 3 N–H and O–H groups in total. The van der Waals surface area contributed by atoms with E-state index in [4.69, 9.17) is 0 Å². The smallest absolute Gasteiger partial charge is 0.351 e. The molecule has 1 heterocycles. The third-order valence-corrected chi connectivity index (χ3v) is 5.00. The summed E-state index contributed by atoms with van der Waals surface area (Å²) in [5.41, 5.74) is -1.76. The number of hydrogen-bond donors (Lipinski definition) is 3. The van der Waals surface area contributed by atoms with Gasteiger partial charge in [-0.05, 0) is 57.2 Å². The van der Waals surface area contributed by atoms with Crippen LogP contribution in [0.3, 0.4) is 0 Å². The number of aromatic nitrogens is 1. The summed E-state index contributed by atoms with van der Waals surface area (Å²) in [4.78, 5) is 20.2. The molecule has 0 saturated carbocycles. The van der Waals surface area contributed by atoms with E-state index in [1.807, 2.05) is 0 Å². The molecule has 1 amide bonds. The van der Waals surface area contributed by atoms with E-state index in [1.54, 1.807) is 25.5 Å². The predicted molar refractivity (Wildman–Crippen MR) is 117 cm³/mol. The molecule has 0 saturated heterocycles. The van der Waals surface area contributed by atoms with Crippen LogP contribution in [0.1, 0.15) is 36.7 Å². The Kier molecular flexibility index (Phi) is 8.04. The number of amides is 1. The van der Waals surface area contributed by atoms with Gasteiger partial charge in [0.15, 0.2) is 5.75 Å². The first kappa shape index (κ1) is 27.9. The zero-order valence-corrected chi connectivity index (χ0v) is 19.4. The molecular formula is C20H21F6N5O3S. The number of guanidine groups is 1. The molecule has 0 aliphatic rings. The molecule has 0 aliphatic carbocycles. The van der Waals surface area contributed by atoms with Crippen molar-refractivity contribution < 1.29 is 39.6 Å². The topological polar surface area (TPSA) is 113 Å². The van der Waals surface area contributed by atoms with Gasteiger partial charge < -0.3 is 10.6 Å². The number of halogens is 6. The first-order chi connectivity index (χ1) is 15.8. The SMILES string of the molecule is CC(C)(C)N/C(=N/C(=O)c1ccc(C(F)(F)F)cc1)Nc1cccc(NS(=O)(=O)CC(F)(F)F)n1. The van der Waals surface area contributed by atoms with Gasteiger partial charge in [0.05, 0.1) is 5.56 Å². The van der Waals surface area contributed by atoms with Gasteiger partial charge >= 0.3 is 12.4 Å². The van der Waals surface area contributed by atoms with Crippen molar-refractivity contribution in [3.63, 3.8) is 0 Å². The van der Waals surface area contributed by atoms with E-state index in [9.17, 15) is 39.6 Å². The number of anilines is 2. The fourth-order valence-electron chi connectivity index (χ4n) is 2.50. The van der Waals surface area contributed by atoms with Gasteiger partial charge in [-0.25, -0.2) is 13.4 Å². The maximum Gasteiger partial charge on any atom is 0.416 e. The van der Waals surface area contributed by atoms with E-state index in [0.717, 1.165) is 30.3 Å². The fraction of sp³-hybridized carbons (Fsp3) is 0.350. The van der Waals surface area contributed by atoms with Gasteiger partial charge in [-0.1, -0.05) is 6.07 Å². The monoisotopic (exact) mass is 525 g/mol. The molecule has 1 aromatic carbocycles. The second-order valence-electron chi connectivity index (χ2n) is 8.23. The Hall–Kier alpha value is -3.36. The minimum absolute atomic E-state index is 0.0899. The Labute approximate surface area is 196 Å². The maximum atomic E-state index is 12.7. The molecule has 0 atom stereocenters. The number of nitrogens with one attached hydrogen (secondary N) is 3. The summed E-state index contributed by atoms with van der Waals surface area (Å²) in [6.07, 6.45) is -9.54. The Morgan fingerprint density at radius 3 is 2.03 bits per heavy atom. The van der Waals surface area contributed by atoms with Crippen LogP contribution in [0.2, 0.25) is 0 Å². The van der Waals surface area contributed by atoms with Gasteiger partial charge in [-0.2, -0.15) is 31.3 Å². The molecular weight excluding hydrogens is 504 g/mol. The highest BCUT2D eigenvalue weighted by atomic mass is 32.2. The number of sulfonamides is 1. The lowest BCUT2D eigenvalue weighted by Gasteiger charge is -2.23. The summed E-state index contributed by atoms with van der Waals surface area (Å²) in [6, 6.07) is 7.09. The van der Waals surface area contributed by atoms with Crippen LogP contribution in [0.4, 0.5) is 38.0 Å². The minimum atomic E-state index is -4.96. The van der Waals surface area contributed by atoms with E-state index >= 15 is 0 Å². The van der Waals surface area contributed by atoms with Crippen molar-refractivity contribution in [1.29, 1.82) is 0 Å². The molecule has 8 nitrogen and oxygen atoms in total. The number of hydrogen-bond acceptors (Lipinski definition) is 4. The highest BCUT2D eigenvalue weighted by Crippen LogP contribution is 2.29. The Morgan fingerprint density at radius 1 is 0.943 bits per heavy atom. The molecule has 2 aromatic rings. The normalized spacial score (nSPS) is 13.3. The van der Waals surface area contributed by atoms with Crippen molar-refractivity contribution in [2.24, 2.45) is 4.99 Å². The summed E-state index contributed by atoms with van der Waals surface area (Å²) in [6.45, 7) is 5.13. The third kappa shape index (κ3) is 9.80. The standard InChI is InChI=1S/C20H21F6N5O3S/c1-18(2,3)30-17(29-16(32)12-7-9-13(10-8-12)20(24,25)26)28-14-5-4-6-15(27-14)31-35(33,34)11-19(21,22)23/h4-10H,11H2,1-3H3,(H3,27,28,29,30,31,32). The highest BCUT2D eigenvalue weighted by Gasteiger charge is 2.35. The van der Waals surface area contributed by atoms with Crippen molar-refractivity contribution in [1.82, 2.24) is 10.3 Å². The number of aliphatic imine (C=N–C) groups is 1. The van der Waals surface area contributed by atoms with Crippen molar-refractivity contribution in [3.8, 4) is 0 Å². The molecule has 0 bridgehead atoms. The van der Waals surface area contributed by atoms with Crippen molar-refractivity contribution in [2.45, 2.75) is 38.7 Å². The molecule has 1 aromatic heterocycles. The summed E-state index contributed by atoms with van der Waals surface area (Å²) in [5.74, 6) is -3.72. The first-order valence-corrected chi connectivity index (χ1v) is 11.4. The largest absolute Gasteiger partial charge is 0.416 e. The highest BCUT2D eigenvalue weighted by molar-refractivity contribution is 7.92. The molecule has 0 radical (unpaired) electrons. The minimum Gasteiger partial charge on any atom is -0.351 e. The number of benzene rings is 1. The predicted octanol–water partition coefficient (Wildman–Crippen LogP) is 4.40. The van der Waals surface area contributed by atoms with Crippen LogP contribution in [-0.4, -0.2) is 42.7 Å². The van der Waals surface area contributed by atoms with Crippen LogP contribution in [0.5, 0.6) is 0 Å². The van der Waals surface area contributed by atoms with E-state index in [-0.39, 0.29) is 17.3 Å². The molecule has 192 valence electrons. The van der Waals surface area contributed by atoms with E-state index in [1.165, 1.54) is 12.1 Å². The number of carbonyl (C=O) groups excluding carboxylic acids is 1. The molecule has 0 spiro atoms. The molecule has 15 heteroatoms. The molecule has 35 heavy (non-hydrogen) atoms. The van der Waals surface area contributed by atoms with Crippen molar-refractivity contribution >= 4 is 33.5 Å². The Bertz CT molecular complexity index is 1190. The van der Waals surface area contributed by atoms with Crippen LogP contribution >= 0.6 is 0 Å². The van der Waals surface area contributed by atoms with E-state index < -0.39 is 51.0 Å². The number of rotatable bonds is 5. The quantitative estimate of drug-likeness (QED) is 0.303. The van der Waals surface area contributed by atoms with Gasteiger partial charge in [0.1, 0.15) is 11.6 Å². The average molecular weight is 525 g/mol. The van der Waals surface area contributed by atoms with Crippen molar-refractivity contribution in [3.05, 3.63) is 53.6 Å². The molecule has 0 fully saturated rings. The second kappa shape index (κ2) is 10.1. The van der Waals surface area contributed by atoms with Crippen LogP contribution < -0.4 is 15.4 Å². The lowest BCUT2D eigenvalue weighted by Crippen LogP contribution is -2.44. The maximum absolute atomic E-state index is 12.7. The van der Waals surface area contributed by atoms with E-state index in [0.29, 0.717) is 0 Å². The average Bonchev–Trinajstić information content (AvgIpc) is 2.64. The van der Waals surface area contributed by atoms with Gasteiger partial charge in [-0.15, -0.1) is 0 Å². The summed E-state index contributed by atoms with van der Waals surface area (Å²) in [5, 5.41) is 5.47. The number of pyridine rings is 1. The second-order valence-corrected chi connectivity index (χ2v) is 9.95. The Morgan fingerprint density at radius 2 is 1.51 bits per heavy atom. The molecule has 0 aliphatic heterocycles. The van der Waals surface area contributed by atoms with Crippen LogP contribution in [0.25, 0.3) is 0 Å². The van der Waals surface area contributed by atoms with Gasteiger partial charge in [-0.3, -0.25) is 9.52 Å². The van der Waals surface area contributed by atoms with Crippen LogP contribution in [-0.2, 0) is 16.2 Å². The summed E-state index contributed by atoms with van der Waals surface area (Å²) in [7, 11) is -4.78. The van der Waals surface area contributed by atoms with Gasteiger partial charge in [0, 0.05) is 11.1 Å². The molecule has 2 rings (SSSR count). The zero-order valence-electron chi connectivity index (χ0n) is 18.5. The molecule has 0 unspecified atom stereocenters. The number of nitrogens with zero attached hydrogens (tertiary/aromatic N) is 2. The van der Waals surface area contributed by atoms with Crippen molar-refractivity contribution in [2.75, 3.05) is 15.8 Å². The van der Waals surface area contributed by atoms with Crippen LogP contribution in [0, 0.1) is 0 Å². The van der Waals surface area contributed by atoms with E-state index in [2.05, 4.69) is 20.6 Å². The van der Waals surface area contributed by atoms with Crippen LogP contribution in [0.15, 0.2) is 47.5 Å². The zero-order chi connectivity index (χ0) is 26.7. The number of alkyl halides is 6. The first-order valence-electron chi connectivity index (χ1n) is 9.73. The van der Waals surface area contributed by atoms with Gasteiger partial charge in [0.25, 0.3) is 5.91 Å². The van der Waals surface area contributed by atoms with Gasteiger partial charge in [0.2, 0.25) is 16.0 Å². The number of carbonyl (C=O) groups is 1. The Balaban J connectivity index is 2.29. The summed E-state index contributed by atoms with van der Waals surface area (Å²) < 4.78 is 101.